The zero-order chi connectivity index (χ0) is 20.2. The molecule has 4 rings (SSSR count). The Balaban J connectivity index is 1.56. The fraction of sp³-hybridized carbons (Fsp3) is 0.320. The molecule has 1 aliphatic heterocycles. The van der Waals surface area contributed by atoms with Gasteiger partial charge in [0, 0.05) is 30.9 Å². The lowest BCUT2D eigenvalue weighted by molar-refractivity contribution is 0.0939. The van der Waals surface area contributed by atoms with Gasteiger partial charge in [0.05, 0.1) is 6.04 Å². The summed E-state index contributed by atoms with van der Waals surface area (Å²) in [6.07, 6.45) is 1.12. The molecule has 2 N–H and O–H groups in total. The van der Waals surface area contributed by atoms with Crippen molar-refractivity contribution in [3.8, 4) is 0 Å². The SMILES string of the molecule is Cc1ccc(N2CCCNCC2)cc1C(=O)NC(C)c1cccc2ccccc12. The summed E-state index contributed by atoms with van der Waals surface area (Å²) in [6, 6.07) is 20.7. The van der Waals surface area contributed by atoms with Gasteiger partial charge in [-0.15, -0.1) is 0 Å². The van der Waals surface area contributed by atoms with Crippen molar-refractivity contribution >= 4 is 22.4 Å². The molecule has 1 atom stereocenters. The highest BCUT2D eigenvalue weighted by Crippen LogP contribution is 2.25. The number of benzene rings is 3. The second-order valence-corrected chi connectivity index (χ2v) is 7.85. The van der Waals surface area contributed by atoms with Gasteiger partial charge in [-0.25, -0.2) is 0 Å². The van der Waals surface area contributed by atoms with E-state index in [1.807, 2.05) is 25.1 Å². The minimum absolute atomic E-state index is 0.0160. The number of hydrogen-bond acceptors (Lipinski definition) is 3. The third-order valence-corrected chi connectivity index (χ3v) is 5.81. The Morgan fingerprint density at radius 3 is 2.76 bits per heavy atom. The third-order valence-electron chi connectivity index (χ3n) is 5.81. The molecule has 0 radical (unpaired) electrons. The molecule has 0 spiro atoms. The van der Waals surface area contributed by atoms with E-state index in [2.05, 4.69) is 64.9 Å². The molecule has 3 aromatic carbocycles. The topological polar surface area (TPSA) is 44.4 Å². The van der Waals surface area contributed by atoms with Crippen LogP contribution in [0.1, 0.15) is 40.9 Å². The number of fused-ring (bicyclic) bond motifs is 1. The van der Waals surface area contributed by atoms with Crippen LogP contribution in [-0.4, -0.2) is 32.1 Å². The number of hydrogen-bond donors (Lipinski definition) is 2. The largest absolute Gasteiger partial charge is 0.370 e. The predicted molar refractivity (Wildman–Crippen MR) is 121 cm³/mol. The number of nitrogens with zero attached hydrogens (tertiary/aromatic N) is 1. The fourth-order valence-corrected chi connectivity index (χ4v) is 4.14. The van der Waals surface area contributed by atoms with Gasteiger partial charge in [-0.05, 0) is 60.8 Å². The van der Waals surface area contributed by atoms with Crippen LogP contribution in [0.15, 0.2) is 60.7 Å². The van der Waals surface area contributed by atoms with E-state index < -0.39 is 0 Å². The molecular weight excluding hydrogens is 358 g/mol. The Kier molecular flexibility index (Phi) is 5.81. The average molecular weight is 388 g/mol. The number of anilines is 1. The summed E-state index contributed by atoms with van der Waals surface area (Å²) < 4.78 is 0. The summed E-state index contributed by atoms with van der Waals surface area (Å²) in [7, 11) is 0. The maximum Gasteiger partial charge on any atom is 0.252 e. The van der Waals surface area contributed by atoms with Gasteiger partial charge < -0.3 is 15.5 Å². The van der Waals surface area contributed by atoms with Crippen molar-refractivity contribution in [1.29, 1.82) is 0 Å². The summed E-state index contributed by atoms with van der Waals surface area (Å²) in [5.74, 6) is -0.0160. The first-order chi connectivity index (χ1) is 14.1. The number of carbonyl (C=O) groups excluding carboxylic acids is 1. The molecule has 1 aliphatic rings. The summed E-state index contributed by atoms with van der Waals surface area (Å²) in [4.78, 5) is 15.5. The molecule has 3 aromatic rings. The molecule has 1 saturated heterocycles. The Hall–Kier alpha value is -2.85. The van der Waals surface area contributed by atoms with Crippen LogP contribution >= 0.6 is 0 Å². The Bertz CT molecular complexity index is 1000. The van der Waals surface area contributed by atoms with E-state index in [0.717, 1.165) is 55.0 Å². The van der Waals surface area contributed by atoms with Crippen molar-refractivity contribution in [3.63, 3.8) is 0 Å². The van der Waals surface area contributed by atoms with E-state index in [9.17, 15) is 4.79 Å². The highest BCUT2D eigenvalue weighted by atomic mass is 16.1. The number of carbonyl (C=O) groups is 1. The lowest BCUT2D eigenvalue weighted by atomic mass is 9.99. The van der Waals surface area contributed by atoms with Crippen molar-refractivity contribution in [1.82, 2.24) is 10.6 Å². The molecule has 4 heteroatoms. The molecule has 0 bridgehead atoms. The second-order valence-electron chi connectivity index (χ2n) is 7.85. The van der Waals surface area contributed by atoms with Gasteiger partial charge in [-0.2, -0.15) is 0 Å². The normalized spacial score (nSPS) is 15.7. The first kappa shape index (κ1) is 19.5. The van der Waals surface area contributed by atoms with Crippen LogP contribution in [0.2, 0.25) is 0 Å². The molecule has 1 heterocycles. The quantitative estimate of drug-likeness (QED) is 0.696. The van der Waals surface area contributed by atoms with Gasteiger partial charge in [0.1, 0.15) is 0 Å². The maximum absolute atomic E-state index is 13.1. The minimum atomic E-state index is -0.0703. The molecule has 0 aliphatic carbocycles. The van der Waals surface area contributed by atoms with Crippen LogP contribution in [0.4, 0.5) is 5.69 Å². The van der Waals surface area contributed by atoms with Gasteiger partial charge in [0.2, 0.25) is 0 Å². The van der Waals surface area contributed by atoms with Crippen molar-refractivity contribution in [3.05, 3.63) is 77.4 Å². The Morgan fingerprint density at radius 1 is 1.03 bits per heavy atom. The smallest absolute Gasteiger partial charge is 0.252 e. The van der Waals surface area contributed by atoms with E-state index in [1.54, 1.807) is 0 Å². The number of aryl methyl sites for hydroxylation is 1. The highest BCUT2D eigenvalue weighted by Gasteiger charge is 2.17. The van der Waals surface area contributed by atoms with Gasteiger partial charge in [0.25, 0.3) is 5.91 Å². The van der Waals surface area contributed by atoms with Crippen LogP contribution in [0, 0.1) is 6.92 Å². The van der Waals surface area contributed by atoms with Gasteiger partial charge in [-0.1, -0.05) is 48.5 Å². The van der Waals surface area contributed by atoms with Gasteiger partial charge >= 0.3 is 0 Å². The molecule has 29 heavy (non-hydrogen) atoms. The molecule has 1 amide bonds. The van der Waals surface area contributed by atoms with E-state index in [1.165, 1.54) is 10.8 Å². The molecule has 150 valence electrons. The summed E-state index contributed by atoms with van der Waals surface area (Å²) in [6.45, 7) is 8.08. The van der Waals surface area contributed by atoms with Crippen LogP contribution in [0.3, 0.4) is 0 Å². The minimum Gasteiger partial charge on any atom is -0.370 e. The molecule has 1 fully saturated rings. The molecule has 0 aromatic heterocycles. The van der Waals surface area contributed by atoms with Crippen molar-refractivity contribution in [2.45, 2.75) is 26.3 Å². The molecule has 4 nitrogen and oxygen atoms in total. The second kappa shape index (κ2) is 8.66. The summed E-state index contributed by atoms with van der Waals surface area (Å²) in [5, 5.41) is 9.03. The summed E-state index contributed by atoms with van der Waals surface area (Å²) in [5.41, 5.74) is 4.03. The van der Waals surface area contributed by atoms with Gasteiger partial charge in [-0.3, -0.25) is 4.79 Å². The lowest BCUT2D eigenvalue weighted by Gasteiger charge is -2.24. The van der Waals surface area contributed by atoms with Crippen molar-refractivity contribution in [2.75, 3.05) is 31.1 Å². The average Bonchev–Trinajstić information content (AvgIpc) is 3.03. The summed E-state index contributed by atoms with van der Waals surface area (Å²) >= 11 is 0. The number of rotatable bonds is 4. The fourth-order valence-electron chi connectivity index (χ4n) is 4.14. The monoisotopic (exact) mass is 387 g/mol. The van der Waals surface area contributed by atoms with Crippen LogP contribution in [0.5, 0.6) is 0 Å². The van der Waals surface area contributed by atoms with Crippen molar-refractivity contribution < 1.29 is 4.79 Å². The lowest BCUT2D eigenvalue weighted by Crippen LogP contribution is -2.30. The zero-order valence-electron chi connectivity index (χ0n) is 17.2. The molecular formula is C25H29N3O. The zero-order valence-corrected chi connectivity index (χ0v) is 17.2. The Labute approximate surface area is 172 Å². The standard InChI is InChI=1S/C25H29N3O/c1-18-11-12-21(28-15-6-13-26-14-16-28)17-24(18)25(29)27-19(2)22-10-5-8-20-7-3-4-9-23(20)22/h3-5,7-12,17,19,26H,6,13-16H2,1-2H3,(H,27,29). The first-order valence-electron chi connectivity index (χ1n) is 10.5. The first-order valence-corrected chi connectivity index (χ1v) is 10.5. The Morgan fingerprint density at radius 2 is 1.86 bits per heavy atom. The van der Waals surface area contributed by atoms with Crippen LogP contribution in [-0.2, 0) is 0 Å². The maximum atomic E-state index is 13.1. The van der Waals surface area contributed by atoms with Gasteiger partial charge in [0.15, 0.2) is 0 Å². The highest BCUT2D eigenvalue weighted by molar-refractivity contribution is 5.97. The molecule has 1 unspecified atom stereocenters. The third kappa shape index (κ3) is 4.28. The predicted octanol–water partition coefficient (Wildman–Crippen LogP) is 4.44. The van der Waals surface area contributed by atoms with E-state index in [4.69, 9.17) is 0 Å². The molecule has 0 saturated carbocycles. The van der Waals surface area contributed by atoms with Crippen LogP contribution < -0.4 is 15.5 Å². The number of amides is 1. The van der Waals surface area contributed by atoms with E-state index in [-0.39, 0.29) is 11.9 Å². The van der Waals surface area contributed by atoms with E-state index in [0.29, 0.717) is 0 Å². The van der Waals surface area contributed by atoms with Crippen molar-refractivity contribution in [2.24, 2.45) is 0 Å². The number of nitrogens with one attached hydrogen (secondary N) is 2. The van der Waals surface area contributed by atoms with Crippen LogP contribution in [0.25, 0.3) is 10.8 Å². The van der Waals surface area contributed by atoms with E-state index >= 15 is 0 Å².